The zero-order valence-corrected chi connectivity index (χ0v) is 6.81. The molecule has 0 radical (unpaired) electrons. The molecule has 0 atom stereocenters. The Morgan fingerprint density at radius 2 is 1.90 bits per heavy atom. The summed E-state index contributed by atoms with van der Waals surface area (Å²) < 4.78 is 0.216. The summed E-state index contributed by atoms with van der Waals surface area (Å²) in [5.41, 5.74) is 0. The van der Waals surface area contributed by atoms with E-state index in [9.17, 15) is 0 Å². The second-order valence-corrected chi connectivity index (χ2v) is 2.46. The minimum atomic E-state index is 0.0443. The van der Waals surface area contributed by atoms with Gasteiger partial charge in [0.05, 0.1) is 6.61 Å². The third-order valence-electron chi connectivity index (χ3n) is 0.686. The van der Waals surface area contributed by atoms with E-state index < -0.39 is 0 Å². The quantitative estimate of drug-likeness (QED) is 0.659. The van der Waals surface area contributed by atoms with Crippen molar-refractivity contribution in [3.8, 4) is 0 Å². The van der Waals surface area contributed by atoms with E-state index in [0.29, 0.717) is 0 Å². The first-order valence-corrected chi connectivity index (χ1v) is 3.48. The zero-order chi connectivity index (χ0) is 7.82. The molecular weight excluding hydrogens is 171 g/mol. The fourth-order valence-electron chi connectivity index (χ4n) is 0.332. The van der Waals surface area contributed by atoms with Crippen molar-refractivity contribution in [3.63, 3.8) is 0 Å². The zero-order valence-electron chi connectivity index (χ0n) is 5.30. The summed E-state index contributed by atoms with van der Waals surface area (Å²) in [6.07, 6.45) is 8.26. The SMILES string of the molecule is OC/C=C/C=C/C=C(Cl)Cl. The number of aliphatic hydroxyl groups excluding tert-OH is 1. The standard InChI is InChI=1S/C7H8Cl2O/c8-7(9)5-3-1-2-4-6-10/h1-5,10H,6H2/b3-1+,4-2+. The molecule has 0 heterocycles. The van der Waals surface area contributed by atoms with Crippen molar-refractivity contribution in [1.29, 1.82) is 0 Å². The molecule has 0 saturated carbocycles. The van der Waals surface area contributed by atoms with Crippen LogP contribution in [0.4, 0.5) is 0 Å². The number of hydrogen-bond acceptors (Lipinski definition) is 1. The van der Waals surface area contributed by atoms with Crippen LogP contribution in [-0.4, -0.2) is 11.7 Å². The Balaban J connectivity index is 3.57. The molecule has 0 fully saturated rings. The molecule has 10 heavy (non-hydrogen) atoms. The minimum absolute atomic E-state index is 0.0443. The Kier molecular flexibility index (Phi) is 6.71. The van der Waals surface area contributed by atoms with Crippen molar-refractivity contribution in [2.45, 2.75) is 0 Å². The van der Waals surface area contributed by atoms with E-state index in [1.54, 1.807) is 30.4 Å². The van der Waals surface area contributed by atoms with Gasteiger partial charge in [-0.05, 0) is 6.08 Å². The lowest BCUT2D eigenvalue weighted by molar-refractivity contribution is 0.343. The molecule has 56 valence electrons. The third-order valence-corrected chi connectivity index (χ3v) is 0.938. The highest BCUT2D eigenvalue weighted by Crippen LogP contribution is 2.05. The number of rotatable bonds is 3. The van der Waals surface area contributed by atoms with E-state index >= 15 is 0 Å². The van der Waals surface area contributed by atoms with Gasteiger partial charge in [0, 0.05) is 0 Å². The van der Waals surface area contributed by atoms with Crippen LogP contribution in [0.15, 0.2) is 34.9 Å². The number of allylic oxidation sites excluding steroid dienone is 4. The van der Waals surface area contributed by atoms with Crippen LogP contribution >= 0.6 is 23.2 Å². The third kappa shape index (κ3) is 7.76. The van der Waals surface area contributed by atoms with Crippen molar-refractivity contribution < 1.29 is 5.11 Å². The molecule has 0 aliphatic heterocycles. The molecule has 0 aliphatic carbocycles. The summed E-state index contributed by atoms with van der Waals surface area (Å²) in [5, 5.41) is 8.29. The highest BCUT2D eigenvalue weighted by molar-refractivity contribution is 6.55. The Labute approximate surface area is 70.3 Å². The summed E-state index contributed by atoms with van der Waals surface area (Å²) in [7, 11) is 0. The first-order valence-electron chi connectivity index (χ1n) is 2.72. The van der Waals surface area contributed by atoms with Gasteiger partial charge in [-0.1, -0.05) is 47.5 Å². The summed E-state index contributed by atoms with van der Waals surface area (Å²) in [6.45, 7) is 0.0443. The van der Waals surface area contributed by atoms with Gasteiger partial charge < -0.3 is 5.11 Å². The van der Waals surface area contributed by atoms with Crippen LogP contribution in [0.3, 0.4) is 0 Å². The summed E-state index contributed by atoms with van der Waals surface area (Å²) in [6, 6.07) is 0. The molecule has 1 nitrogen and oxygen atoms in total. The van der Waals surface area contributed by atoms with Crippen LogP contribution in [-0.2, 0) is 0 Å². The van der Waals surface area contributed by atoms with Gasteiger partial charge in [-0.25, -0.2) is 0 Å². The van der Waals surface area contributed by atoms with Crippen molar-refractivity contribution in [2.75, 3.05) is 6.61 Å². The monoisotopic (exact) mass is 178 g/mol. The lowest BCUT2D eigenvalue weighted by atomic mass is 10.4. The molecule has 0 saturated heterocycles. The topological polar surface area (TPSA) is 20.2 Å². The predicted octanol–water partition coefficient (Wildman–Crippen LogP) is 2.41. The maximum absolute atomic E-state index is 8.29. The largest absolute Gasteiger partial charge is 0.392 e. The second-order valence-electron chi connectivity index (χ2n) is 1.45. The first kappa shape index (κ1) is 9.76. The first-order chi connectivity index (χ1) is 4.77. The molecule has 3 heteroatoms. The normalized spacial score (nSPS) is 11.1. The molecule has 0 amide bonds. The lowest BCUT2D eigenvalue weighted by Gasteiger charge is -1.75. The van der Waals surface area contributed by atoms with Crippen LogP contribution in [0, 0.1) is 0 Å². The van der Waals surface area contributed by atoms with Gasteiger partial charge >= 0.3 is 0 Å². The van der Waals surface area contributed by atoms with Gasteiger partial charge in [0.1, 0.15) is 4.49 Å². The molecule has 0 spiro atoms. The molecule has 0 aliphatic rings. The fourth-order valence-corrected chi connectivity index (χ4v) is 0.477. The molecule has 0 aromatic rings. The van der Waals surface area contributed by atoms with E-state index in [2.05, 4.69) is 0 Å². The molecular formula is C7H8Cl2O. The highest BCUT2D eigenvalue weighted by Gasteiger charge is 1.73. The Bertz CT molecular complexity index is 155. The van der Waals surface area contributed by atoms with E-state index in [-0.39, 0.29) is 11.1 Å². The van der Waals surface area contributed by atoms with Crippen LogP contribution in [0.5, 0.6) is 0 Å². The van der Waals surface area contributed by atoms with E-state index in [1.807, 2.05) is 0 Å². The molecule has 0 bridgehead atoms. The van der Waals surface area contributed by atoms with Crippen LogP contribution in [0.25, 0.3) is 0 Å². The number of hydrogen-bond donors (Lipinski definition) is 1. The molecule has 1 N–H and O–H groups in total. The summed E-state index contributed by atoms with van der Waals surface area (Å²) in [4.78, 5) is 0. The molecule has 0 unspecified atom stereocenters. The molecule has 0 aromatic heterocycles. The van der Waals surface area contributed by atoms with Gasteiger partial charge in [-0.15, -0.1) is 0 Å². The minimum Gasteiger partial charge on any atom is -0.392 e. The van der Waals surface area contributed by atoms with Crippen molar-refractivity contribution >= 4 is 23.2 Å². The predicted molar refractivity (Wildman–Crippen MR) is 45.2 cm³/mol. The van der Waals surface area contributed by atoms with E-state index in [4.69, 9.17) is 28.3 Å². The number of halogens is 2. The second kappa shape index (κ2) is 6.87. The number of aliphatic hydroxyl groups is 1. The van der Waals surface area contributed by atoms with Crippen molar-refractivity contribution in [3.05, 3.63) is 34.9 Å². The smallest absolute Gasteiger partial charge is 0.106 e. The average molecular weight is 179 g/mol. The summed E-state index contributed by atoms with van der Waals surface area (Å²) in [5.74, 6) is 0. The van der Waals surface area contributed by atoms with Crippen LogP contribution in [0.1, 0.15) is 0 Å². The van der Waals surface area contributed by atoms with Gasteiger partial charge in [-0.3, -0.25) is 0 Å². The van der Waals surface area contributed by atoms with E-state index in [0.717, 1.165) is 0 Å². The van der Waals surface area contributed by atoms with Crippen molar-refractivity contribution in [2.24, 2.45) is 0 Å². The Hall–Kier alpha value is -0.240. The van der Waals surface area contributed by atoms with Gasteiger partial charge in [0.2, 0.25) is 0 Å². The highest BCUT2D eigenvalue weighted by atomic mass is 35.5. The van der Waals surface area contributed by atoms with Gasteiger partial charge in [0.25, 0.3) is 0 Å². The van der Waals surface area contributed by atoms with Crippen LogP contribution in [0.2, 0.25) is 0 Å². The van der Waals surface area contributed by atoms with Crippen LogP contribution < -0.4 is 0 Å². The summed E-state index contributed by atoms with van der Waals surface area (Å²) >= 11 is 10.6. The lowest BCUT2D eigenvalue weighted by Crippen LogP contribution is -1.67. The fraction of sp³-hybridized carbons (Fsp3) is 0.143. The van der Waals surface area contributed by atoms with E-state index in [1.165, 1.54) is 0 Å². The Morgan fingerprint density at radius 1 is 1.20 bits per heavy atom. The van der Waals surface area contributed by atoms with Gasteiger partial charge in [0.15, 0.2) is 0 Å². The Morgan fingerprint density at radius 3 is 2.40 bits per heavy atom. The molecule has 0 rings (SSSR count). The maximum Gasteiger partial charge on any atom is 0.106 e. The molecule has 0 aromatic carbocycles. The van der Waals surface area contributed by atoms with Gasteiger partial charge in [-0.2, -0.15) is 0 Å². The van der Waals surface area contributed by atoms with Crippen molar-refractivity contribution in [1.82, 2.24) is 0 Å². The average Bonchev–Trinajstić information content (AvgIpc) is 1.87. The maximum atomic E-state index is 8.29.